The number of anilines is 1. The van der Waals surface area contributed by atoms with Crippen molar-refractivity contribution in [1.29, 1.82) is 5.26 Å². The number of ether oxygens (including phenoxy) is 1. The molecule has 1 saturated carbocycles. The molecule has 0 unspecified atom stereocenters. The maximum Gasteiger partial charge on any atom is 0.343 e. The summed E-state index contributed by atoms with van der Waals surface area (Å²) in [7, 11) is 0. The molecule has 8 heteroatoms. The van der Waals surface area contributed by atoms with Crippen LogP contribution < -0.4 is 15.6 Å². The Balaban J connectivity index is 1.71. The first kappa shape index (κ1) is 20.0. The molecule has 2 aliphatic heterocycles. The van der Waals surface area contributed by atoms with Crippen molar-refractivity contribution in [3.05, 3.63) is 39.4 Å². The Morgan fingerprint density at radius 3 is 2.84 bits per heavy atom. The molecule has 3 aliphatic rings. The highest BCUT2D eigenvalue weighted by atomic mass is 19.1. The minimum Gasteiger partial charge on any atom is -0.462 e. The maximum absolute atomic E-state index is 15.4. The van der Waals surface area contributed by atoms with E-state index in [9.17, 15) is 14.9 Å². The van der Waals surface area contributed by atoms with Gasteiger partial charge in [-0.1, -0.05) is 0 Å². The monoisotopic (exact) mass is 424 g/mol. The highest BCUT2D eigenvalue weighted by Gasteiger charge is 2.37. The number of fused-ring (bicyclic) bond motifs is 2. The van der Waals surface area contributed by atoms with Crippen molar-refractivity contribution in [2.24, 2.45) is 5.92 Å². The minimum absolute atomic E-state index is 0.0602. The number of nitriles is 1. The van der Waals surface area contributed by atoms with Crippen molar-refractivity contribution in [3.63, 3.8) is 0 Å². The van der Waals surface area contributed by atoms with E-state index in [0.717, 1.165) is 32.2 Å². The fraction of sp³-hybridized carbons (Fsp3) is 0.522. The standard InChI is InChI=1S/C23H25FN4O3/c1-2-31-23(30)17-11-28(14-5-6-14)20-15(22(17)29)8-18(24)21(16(20)9-25)27-10-13-4-3-7-26-19(13)12-27/h8,11,13-14,19,26H,2-7,10,12H2,1H3/t13-,19+/m0/s1. The molecule has 1 aliphatic carbocycles. The molecular weight excluding hydrogens is 399 g/mol. The summed E-state index contributed by atoms with van der Waals surface area (Å²) in [6.07, 6.45) is 5.44. The van der Waals surface area contributed by atoms with Gasteiger partial charge in [-0.05, 0) is 51.1 Å². The normalized spacial score (nSPS) is 22.9. The fourth-order valence-electron chi connectivity index (χ4n) is 5.12. The molecule has 0 amide bonds. The molecule has 5 rings (SSSR count). The Bertz CT molecular complexity index is 1150. The van der Waals surface area contributed by atoms with E-state index in [-0.39, 0.29) is 40.9 Å². The summed E-state index contributed by atoms with van der Waals surface area (Å²) >= 11 is 0. The molecule has 31 heavy (non-hydrogen) atoms. The van der Waals surface area contributed by atoms with E-state index in [1.165, 1.54) is 12.3 Å². The molecule has 3 heterocycles. The number of halogens is 1. The molecule has 1 aromatic heterocycles. The van der Waals surface area contributed by atoms with Crippen molar-refractivity contribution in [2.75, 3.05) is 31.1 Å². The summed E-state index contributed by atoms with van der Waals surface area (Å²) in [5.41, 5.74) is 0.150. The van der Waals surface area contributed by atoms with Crippen molar-refractivity contribution < 1.29 is 13.9 Å². The highest BCUT2D eigenvalue weighted by Crippen LogP contribution is 2.41. The first-order valence-corrected chi connectivity index (χ1v) is 11.0. The first-order chi connectivity index (χ1) is 15.0. The van der Waals surface area contributed by atoms with Gasteiger partial charge < -0.3 is 19.5 Å². The largest absolute Gasteiger partial charge is 0.462 e. The van der Waals surface area contributed by atoms with Crippen molar-refractivity contribution in [3.8, 4) is 6.07 Å². The van der Waals surface area contributed by atoms with Gasteiger partial charge in [0.2, 0.25) is 5.43 Å². The van der Waals surface area contributed by atoms with E-state index < -0.39 is 17.2 Å². The summed E-state index contributed by atoms with van der Waals surface area (Å²) in [6.45, 7) is 4.08. The third kappa shape index (κ3) is 3.28. The second kappa shape index (κ2) is 7.65. The summed E-state index contributed by atoms with van der Waals surface area (Å²) in [5, 5.41) is 13.6. The van der Waals surface area contributed by atoms with Crippen LogP contribution in [-0.2, 0) is 4.74 Å². The predicted molar refractivity (Wildman–Crippen MR) is 114 cm³/mol. The number of pyridine rings is 1. The van der Waals surface area contributed by atoms with Crippen LogP contribution in [0.3, 0.4) is 0 Å². The smallest absolute Gasteiger partial charge is 0.343 e. The Labute approximate surface area is 179 Å². The van der Waals surface area contributed by atoms with Crippen LogP contribution in [0.4, 0.5) is 10.1 Å². The quantitative estimate of drug-likeness (QED) is 0.760. The van der Waals surface area contributed by atoms with Gasteiger partial charge in [-0.15, -0.1) is 0 Å². The lowest BCUT2D eigenvalue weighted by Gasteiger charge is -2.24. The number of benzene rings is 1. The van der Waals surface area contributed by atoms with Gasteiger partial charge in [0, 0.05) is 31.4 Å². The molecule has 0 bridgehead atoms. The van der Waals surface area contributed by atoms with E-state index in [1.54, 1.807) is 6.92 Å². The number of esters is 1. The van der Waals surface area contributed by atoms with Crippen LogP contribution in [-0.4, -0.2) is 42.8 Å². The zero-order valence-electron chi connectivity index (χ0n) is 17.5. The lowest BCUT2D eigenvalue weighted by molar-refractivity contribution is 0.0524. The number of aromatic nitrogens is 1. The van der Waals surface area contributed by atoms with Gasteiger partial charge in [0.1, 0.15) is 23.0 Å². The predicted octanol–water partition coefficient (Wildman–Crippen LogP) is 2.71. The number of hydrogen-bond donors (Lipinski definition) is 1. The third-order valence-electron chi connectivity index (χ3n) is 6.70. The number of nitrogens with one attached hydrogen (secondary N) is 1. The van der Waals surface area contributed by atoms with Gasteiger partial charge in [-0.2, -0.15) is 5.26 Å². The number of nitrogens with zero attached hydrogens (tertiary/aromatic N) is 3. The third-order valence-corrected chi connectivity index (χ3v) is 6.70. The SMILES string of the molecule is CCOC(=O)c1cn(C2CC2)c2c(C#N)c(N3C[C@@H]4CCCN[C@@H]4C3)c(F)cc2c1=O. The Hall–Kier alpha value is -2.92. The summed E-state index contributed by atoms with van der Waals surface area (Å²) < 4.78 is 22.3. The molecule has 1 N–H and O–H groups in total. The topological polar surface area (TPSA) is 87.4 Å². The molecule has 3 fully saturated rings. The van der Waals surface area contributed by atoms with E-state index in [4.69, 9.17) is 4.74 Å². The fourth-order valence-corrected chi connectivity index (χ4v) is 5.12. The maximum atomic E-state index is 15.4. The summed E-state index contributed by atoms with van der Waals surface area (Å²) in [4.78, 5) is 27.4. The molecule has 7 nitrogen and oxygen atoms in total. The van der Waals surface area contributed by atoms with Crippen LogP contribution in [0, 0.1) is 23.1 Å². The highest BCUT2D eigenvalue weighted by molar-refractivity contribution is 5.97. The number of piperidine rings is 1. The molecule has 162 valence electrons. The van der Waals surface area contributed by atoms with Crippen LogP contribution in [0.25, 0.3) is 10.9 Å². The molecule has 2 saturated heterocycles. The lowest BCUT2D eigenvalue weighted by Crippen LogP contribution is -2.40. The summed E-state index contributed by atoms with van der Waals surface area (Å²) in [5.74, 6) is -0.892. The van der Waals surface area contributed by atoms with Crippen LogP contribution in [0.1, 0.15) is 54.6 Å². The van der Waals surface area contributed by atoms with Crippen LogP contribution in [0.5, 0.6) is 0 Å². The number of carbonyl (C=O) groups is 1. The Morgan fingerprint density at radius 1 is 1.35 bits per heavy atom. The molecule has 0 spiro atoms. The van der Waals surface area contributed by atoms with Gasteiger partial charge in [-0.3, -0.25) is 4.79 Å². The lowest BCUT2D eigenvalue weighted by atomic mass is 9.94. The van der Waals surface area contributed by atoms with Crippen molar-refractivity contribution in [1.82, 2.24) is 9.88 Å². The van der Waals surface area contributed by atoms with Gasteiger partial charge >= 0.3 is 5.97 Å². The van der Waals surface area contributed by atoms with Gasteiger partial charge in [-0.25, -0.2) is 9.18 Å². The van der Waals surface area contributed by atoms with Crippen molar-refractivity contribution in [2.45, 2.75) is 44.7 Å². The second-order valence-corrected chi connectivity index (χ2v) is 8.69. The van der Waals surface area contributed by atoms with Gasteiger partial charge in [0.25, 0.3) is 0 Å². The molecule has 0 radical (unpaired) electrons. The molecular formula is C23H25FN4O3. The summed E-state index contributed by atoms with van der Waals surface area (Å²) in [6, 6.07) is 3.75. The number of carbonyl (C=O) groups excluding carboxylic acids is 1. The van der Waals surface area contributed by atoms with Gasteiger partial charge in [0.05, 0.1) is 23.2 Å². The van der Waals surface area contributed by atoms with Crippen LogP contribution in [0.2, 0.25) is 0 Å². The average molecular weight is 424 g/mol. The molecule has 2 atom stereocenters. The van der Waals surface area contributed by atoms with Crippen LogP contribution >= 0.6 is 0 Å². The van der Waals surface area contributed by atoms with E-state index in [2.05, 4.69) is 11.4 Å². The van der Waals surface area contributed by atoms with E-state index in [1.807, 2.05) is 9.47 Å². The average Bonchev–Trinajstić information content (AvgIpc) is 3.51. The second-order valence-electron chi connectivity index (χ2n) is 8.69. The zero-order valence-corrected chi connectivity index (χ0v) is 17.5. The molecule has 1 aromatic carbocycles. The number of hydrogen-bond acceptors (Lipinski definition) is 6. The van der Waals surface area contributed by atoms with E-state index in [0.29, 0.717) is 24.5 Å². The number of rotatable bonds is 4. The Morgan fingerprint density at radius 2 is 2.16 bits per heavy atom. The van der Waals surface area contributed by atoms with Crippen molar-refractivity contribution >= 4 is 22.6 Å². The van der Waals surface area contributed by atoms with Crippen LogP contribution in [0.15, 0.2) is 17.1 Å². The Kier molecular flexibility index (Phi) is 4.94. The molecule has 2 aromatic rings. The minimum atomic E-state index is -0.721. The van der Waals surface area contributed by atoms with E-state index >= 15 is 4.39 Å². The first-order valence-electron chi connectivity index (χ1n) is 11.0. The zero-order chi connectivity index (χ0) is 21.7. The van der Waals surface area contributed by atoms with Gasteiger partial charge in [0.15, 0.2) is 0 Å².